The van der Waals surface area contributed by atoms with Gasteiger partial charge in [-0.2, -0.15) is 0 Å². The van der Waals surface area contributed by atoms with Crippen LogP contribution in [0.2, 0.25) is 0 Å². The van der Waals surface area contributed by atoms with Gasteiger partial charge in [0.05, 0.1) is 0 Å². The summed E-state index contributed by atoms with van der Waals surface area (Å²) in [6, 6.07) is 9.23. The van der Waals surface area contributed by atoms with Crippen molar-refractivity contribution >= 4 is 17.8 Å². The minimum atomic E-state index is -0.868. The molecule has 0 saturated heterocycles. The Bertz CT molecular complexity index is 404. The molecule has 0 heterocycles. The van der Waals surface area contributed by atoms with Crippen LogP contribution in [0.25, 0.3) is 6.08 Å². The molecular weight excluding hydrogens is 204 g/mol. The zero-order valence-corrected chi connectivity index (χ0v) is 8.76. The predicted molar refractivity (Wildman–Crippen MR) is 61.6 cm³/mol. The topological polar surface area (TPSA) is 43.4 Å². The Hall–Kier alpha value is -2.16. The highest BCUT2D eigenvalue weighted by Gasteiger charge is 2.10. The molecule has 0 aliphatic rings. The van der Waals surface area contributed by atoms with E-state index in [2.05, 4.69) is 11.3 Å². The number of hydrogen-bond acceptors (Lipinski definition) is 3. The molecule has 1 aromatic rings. The van der Waals surface area contributed by atoms with Crippen LogP contribution in [0.15, 0.2) is 49.1 Å². The van der Waals surface area contributed by atoms with Crippen LogP contribution >= 0.6 is 0 Å². The van der Waals surface area contributed by atoms with E-state index in [1.807, 2.05) is 30.3 Å². The monoisotopic (exact) mass is 216 g/mol. The molecule has 0 unspecified atom stereocenters. The number of ether oxygens (including phenoxy) is 1. The smallest absolute Gasteiger partial charge is 0.379 e. The van der Waals surface area contributed by atoms with Crippen LogP contribution in [0.4, 0.5) is 0 Å². The van der Waals surface area contributed by atoms with Crippen molar-refractivity contribution in [2.24, 2.45) is 0 Å². The number of benzene rings is 1. The molecule has 0 atom stereocenters. The summed E-state index contributed by atoms with van der Waals surface area (Å²) in [5.41, 5.74) is 0.854. The summed E-state index contributed by atoms with van der Waals surface area (Å²) in [6.45, 7) is 3.42. The van der Waals surface area contributed by atoms with E-state index in [0.717, 1.165) is 5.56 Å². The molecule has 0 radical (unpaired) electrons. The number of carbonyl (C=O) groups excluding carboxylic acids is 2. The van der Waals surface area contributed by atoms with E-state index >= 15 is 0 Å². The summed E-state index contributed by atoms with van der Waals surface area (Å²) < 4.78 is 4.58. The van der Waals surface area contributed by atoms with E-state index in [4.69, 9.17) is 0 Å². The second-order valence-electron chi connectivity index (χ2n) is 3.00. The lowest BCUT2D eigenvalue weighted by Crippen LogP contribution is -2.14. The summed E-state index contributed by atoms with van der Waals surface area (Å²) in [7, 11) is 0. The van der Waals surface area contributed by atoms with Gasteiger partial charge in [0.15, 0.2) is 0 Å². The molecule has 3 nitrogen and oxygen atoms in total. The van der Waals surface area contributed by atoms with E-state index in [1.165, 1.54) is 12.2 Å². The average molecular weight is 216 g/mol. The predicted octanol–water partition coefficient (Wildman–Crippen LogP) is 2.00. The molecule has 16 heavy (non-hydrogen) atoms. The van der Waals surface area contributed by atoms with Gasteiger partial charge in [-0.05, 0) is 11.6 Å². The molecule has 1 rings (SSSR count). The van der Waals surface area contributed by atoms with Crippen molar-refractivity contribution in [2.75, 3.05) is 6.61 Å². The zero-order chi connectivity index (χ0) is 11.8. The molecule has 0 fully saturated rings. The van der Waals surface area contributed by atoms with Crippen molar-refractivity contribution in [1.82, 2.24) is 0 Å². The third kappa shape index (κ3) is 3.92. The van der Waals surface area contributed by atoms with Gasteiger partial charge in [0.2, 0.25) is 0 Å². The Balaban J connectivity index is 2.54. The summed E-state index contributed by atoms with van der Waals surface area (Å²) in [5, 5.41) is 0. The van der Waals surface area contributed by atoms with Gasteiger partial charge in [-0.15, -0.1) is 0 Å². The second-order valence-corrected chi connectivity index (χ2v) is 3.00. The molecule has 0 N–H and O–H groups in total. The average Bonchev–Trinajstić information content (AvgIpc) is 2.34. The van der Waals surface area contributed by atoms with Gasteiger partial charge in [-0.3, -0.25) is 4.79 Å². The van der Waals surface area contributed by atoms with Gasteiger partial charge in [0.1, 0.15) is 6.61 Å². The Labute approximate surface area is 94.0 Å². The Morgan fingerprint density at radius 1 is 1.25 bits per heavy atom. The second kappa shape index (κ2) is 6.35. The first-order valence-electron chi connectivity index (χ1n) is 4.79. The highest BCUT2D eigenvalue weighted by molar-refractivity contribution is 6.39. The van der Waals surface area contributed by atoms with Crippen molar-refractivity contribution < 1.29 is 14.3 Å². The van der Waals surface area contributed by atoms with Crippen LogP contribution in [-0.4, -0.2) is 18.4 Å². The van der Waals surface area contributed by atoms with Crippen molar-refractivity contribution in [3.8, 4) is 0 Å². The molecule has 0 aliphatic heterocycles. The largest absolute Gasteiger partial charge is 0.455 e. The van der Waals surface area contributed by atoms with Gasteiger partial charge >= 0.3 is 5.97 Å². The molecule has 0 saturated carbocycles. The maximum absolute atomic E-state index is 11.2. The molecule has 0 bridgehead atoms. The van der Waals surface area contributed by atoms with Crippen LogP contribution < -0.4 is 0 Å². The van der Waals surface area contributed by atoms with Crippen LogP contribution in [0.1, 0.15) is 5.56 Å². The van der Waals surface area contributed by atoms with Crippen LogP contribution in [0.3, 0.4) is 0 Å². The lowest BCUT2D eigenvalue weighted by molar-refractivity contribution is -0.150. The van der Waals surface area contributed by atoms with E-state index < -0.39 is 11.8 Å². The molecule has 0 amide bonds. The molecule has 1 aromatic carbocycles. The van der Waals surface area contributed by atoms with Gasteiger partial charge in [0, 0.05) is 0 Å². The van der Waals surface area contributed by atoms with Gasteiger partial charge in [0.25, 0.3) is 5.78 Å². The quantitative estimate of drug-likeness (QED) is 0.327. The van der Waals surface area contributed by atoms with Gasteiger partial charge in [-0.25, -0.2) is 4.79 Å². The third-order valence-electron chi connectivity index (χ3n) is 1.76. The fraction of sp³-hybridized carbons (Fsp3) is 0.0769. The first-order valence-corrected chi connectivity index (χ1v) is 4.79. The van der Waals surface area contributed by atoms with Crippen molar-refractivity contribution in [2.45, 2.75) is 0 Å². The molecule has 82 valence electrons. The van der Waals surface area contributed by atoms with Gasteiger partial charge < -0.3 is 4.74 Å². The maximum Gasteiger partial charge on any atom is 0.379 e. The molecule has 3 heteroatoms. The van der Waals surface area contributed by atoms with Crippen molar-refractivity contribution in [3.63, 3.8) is 0 Å². The van der Waals surface area contributed by atoms with Gasteiger partial charge in [-0.1, -0.05) is 49.1 Å². The normalized spacial score (nSPS) is 10.0. The fourth-order valence-corrected chi connectivity index (χ4v) is 1.01. The Morgan fingerprint density at radius 2 is 1.94 bits per heavy atom. The van der Waals surface area contributed by atoms with Crippen LogP contribution in [-0.2, 0) is 14.3 Å². The third-order valence-corrected chi connectivity index (χ3v) is 1.76. The van der Waals surface area contributed by atoms with Crippen molar-refractivity contribution in [1.29, 1.82) is 0 Å². The summed E-state index contributed by atoms with van der Waals surface area (Å²) in [6.07, 6.45) is 4.17. The zero-order valence-electron chi connectivity index (χ0n) is 8.76. The van der Waals surface area contributed by atoms with E-state index in [0.29, 0.717) is 0 Å². The number of hydrogen-bond donors (Lipinski definition) is 0. The van der Waals surface area contributed by atoms with Crippen molar-refractivity contribution in [3.05, 3.63) is 54.6 Å². The number of esters is 1. The molecule has 0 spiro atoms. The van der Waals surface area contributed by atoms with Crippen LogP contribution in [0.5, 0.6) is 0 Å². The number of rotatable bonds is 5. The highest BCUT2D eigenvalue weighted by Crippen LogP contribution is 2.01. The Kier molecular flexibility index (Phi) is 4.73. The minimum absolute atomic E-state index is 0.0454. The number of ketones is 1. The summed E-state index contributed by atoms with van der Waals surface area (Å²) >= 11 is 0. The molecule has 0 aromatic heterocycles. The highest BCUT2D eigenvalue weighted by atomic mass is 16.5. The molecular formula is C13H12O3. The SMILES string of the molecule is C=CCOC(=O)C(=O)C=Cc1ccccc1. The van der Waals surface area contributed by atoms with Crippen LogP contribution in [0, 0.1) is 0 Å². The summed E-state index contributed by atoms with van der Waals surface area (Å²) in [4.78, 5) is 22.3. The minimum Gasteiger partial charge on any atom is -0.455 e. The Morgan fingerprint density at radius 3 is 2.56 bits per heavy atom. The van der Waals surface area contributed by atoms with E-state index in [1.54, 1.807) is 6.08 Å². The van der Waals surface area contributed by atoms with E-state index in [9.17, 15) is 9.59 Å². The number of carbonyl (C=O) groups is 2. The summed E-state index contributed by atoms with van der Waals surface area (Å²) in [5.74, 6) is -1.54. The lowest BCUT2D eigenvalue weighted by Gasteiger charge is -1.96. The lowest BCUT2D eigenvalue weighted by atomic mass is 10.2. The molecule has 0 aliphatic carbocycles. The fourth-order valence-electron chi connectivity index (χ4n) is 1.01. The maximum atomic E-state index is 11.2. The first kappa shape index (κ1) is 11.9. The first-order chi connectivity index (χ1) is 7.74. The van der Waals surface area contributed by atoms with E-state index in [-0.39, 0.29) is 6.61 Å². The standard InChI is InChI=1S/C13H12O3/c1-2-10-16-13(15)12(14)9-8-11-6-4-3-5-7-11/h2-9H,1,10H2.